The molecular formula is C17H16FN3O3. The Kier molecular flexibility index (Phi) is 4.41. The zero-order chi connectivity index (χ0) is 17.1. The third-order valence-corrected chi connectivity index (χ3v) is 3.44. The average molecular weight is 329 g/mol. The first-order valence-corrected chi connectivity index (χ1v) is 7.48. The van der Waals surface area contributed by atoms with Crippen LogP contribution in [0.15, 0.2) is 41.3 Å². The molecule has 0 aliphatic heterocycles. The average Bonchev–Trinajstić information content (AvgIpc) is 3.20. The zero-order valence-corrected chi connectivity index (χ0v) is 13.3. The quantitative estimate of drug-likeness (QED) is 0.672. The van der Waals surface area contributed by atoms with Crippen molar-refractivity contribution < 1.29 is 18.3 Å². The highest BCUT2D eigenvalue weighted by molar-refractivity contribution is 5.88. The number of nitrogens with zero attached hydrogens (tertiary/aromatic N) is 3. The van der Waals surface area contributed by atoms with Gasteiger partial charge in [0, 0.05) is 6.20 Å². The number of carbonyl (C=O) groups excluding carboxylic acids is 1. The van der Waals surface area contributed by atoms with Crippen molar-refractivity contribution >= 4 is 5.97 Å². The minimum absolute atomic E-state index is 0.212. The fraction of sp³-hybridized carbons (Fsp3) is 0.235. The number of hydrogen-bond acceptors (Lipinski definition) is 5. The smallest absolute Gasteiger partial charge is 0.341 e. The summed E-state index contributed by atoms with van der Waals surface area (Å²) in [7, 11) is 0. The van der Waals surface area contributed by atoms with E-state index in [1.807, 2.05) is 0 Å². The van der Waals surface area contributed by atoms with Crippen LogP contribution in [0.1, 0.15) is 28.5 Å². The van der Waals surface area contributed by atoms with E-state index in [-0.39, 0.29) is 11.7 Å². The molecule has 2 aromatic heterocycles. The van der Waals surface area contributed by atoms with Gasteiger partial charge in [-0.2, -0.15) is 5.10 Å². The van der Waals surface area contributed by atoms with Gasteiger partial charge in [0.25, 0.3) is 0 Å². The third kappa shape index (κ3) is 3.19. The van der Waals surface area contributed by atoms with Gasteiger partial charge in [-0.1, -0.05) is 12.1 Å². The number of carbonyl (C=O) groups is 1. The molecule has 0 N–H and O–H groups in total. The lowest BCUT2D eigenvalue weighted by Gasteiger charge is -2.00. The van der Waals surface area contributed by atoms with Crippen LogP contribution in [0.25, 0.3) is 11.5 Å². The highest BCUT2D eigenvalue weighted by Crippen LogP contribution is 2.24. The molecule has 0 unspecified atom stereocenters. The molecule has 24 heavy (non-hydrogen) atoms. The van der Waals surface area contributed by atoms with Crippen LogP contribution in [0.3, 0.4) is 0 Å². The minimum atomic E-state index is -0.425. The maximum atomic E-state index is 14.1. The Morgan fingerprint density at radius 2 is 2.25 bits per heavy atom. The molecule has 1 aromatic carbocycles. The minimum Gasteiger partial charge on any atom is -0.462 e. The van der Waals surface area contributed by atoms with Crippen molar-refractivity contribution in [3.63, 3.8) is 0 Å². The van der Waals surface area contributed by atoms with Gasteiger partial charge in [0.1, 0.15) is 17.8 Å². The first-order valence-electron chi connectivity index (χ1n) is 7.48. The molecule has 2 heterocycles. The number of aromatic nitrogens is 3. The predicted octanol–water partition coefficient (Wildman–Crippen LogP) is 3.21. The number of benzene rings is 1. The summed E-state index contributed by atoms with van der Waals surface area (Å²) in [4.78, 5) is 15.9. The summed E-state index contributed by atoms with van der Waals surface area (Å²) in [6.07, 6.45) is 4.45. The second kappa shape index (κ2) is 6.66. The van der Waals surface area contributed by atoms with E-state index >= 15 is 0 Å². The largest absolute Gasteiger partial charge is 0.462 e. The van der Waals surface area contributed by atoms with Crippen LogP contribution in [0.5, 0.6) is 0 Å². The Bertz CT molecular complexity index is 870. The molecule has 0 saturated carbocycles. The van der Waals surface area contributed by atoms with Gasteiger partial charge in [-0.05, 0) is 25.5 Å². The highest BCUT2D eigenvalue weighted by atomic mass is 19.1. The van der Waals surface area contributed by atoms with E-state index in [4.69, 9.17) is 9.15 Å². The van der Waals surface area contributed by atoms with Crippen molar-refractivity contribution in [2.45, 2.75) is 20.4 Å². The monoisotopic (exact) mass is 329 g/mol. The van der Waals surface area contributed by atoms with E-state index in [9.17, 15) is 9.18 Å². The van der Waals surface area contributed by atoms with Gasteiger partial charge >= 0.3 is 5.97 Å². The number of ether oxygens (including phenoxy) is 1. The van der Waals surface area contributed by atoms with Crippen molar-refractivity contribution in [1.29, 1.82) is 0 Å². The molecule has 0 bridgehead atoms. The van der Waals surface area contributed by atoms with Crippen molar-refractivity contribution in [1.82, 2.24) is 14.8 Å². The fourth-order valence-corrected chi connectivity index (χ4v) is 2.25. The van der Waals surface area contributed by atoms with E-state index in [2.05, 4.69) is 10.1 Å². The third-order valence-electron chi connectivity index (χ3n) is 3.44. The molecule has 6 nitrogen and oxygen atoms in total. The van der Waals surface area contributed by atoms with Crippen LogP contribution in [-0.2, 0) is 11.3 Å². The summed E-state index contributed by atoms with van der Waals surface area (Å²) in [6.45, 7) is 4.03. The van der Waals surface area contributed by atoms with Crippen LogP contribution in [-0.4, -0.2) is 27.3 Å². The number of aryl methyl sites for hydroxylation is 1. The summed E-state index contributed by atoms with van der Waals surface area (Å²) in [5.41, 5.74) is 1.78. The molecule has 0 aliphatic carbocycles. The predicted molar refractivity (Wildman–Crippen MR) is 83.9 cm³/mol. The molecule has 0 atom stereocenters. The first kappa shape index (κ1) is 15.9. The van der Waals surface area contributed by atoms with Crippen LogP contribution >= 0.6 is 0 Å². The summed E-state index contributed by atoms with van der Waals surface area (Å²) in [6, 6.07) is 5.05. The van der Waals surface area contributed by atoms with Gasteiger partial charge in [-0.3, -0.25) is 4.68 Å². The summed E-state index contributed by atoms with van der Waals surface area (Å²) in [5, 5.41) is 4.09. The zero-order valence-electron chi connectivity index (χ0n) is 13.3. The maximum absolute atomic E-state index is 14.1. The van der Waals surface area contributed by atoms with Crippen molar-refractivity contribution in [2.24, 2.45) is 0 Å². The highest BCUT2D eigenvalue weighted by Gasteiger charge is 2.14. The molecule has 0 amide bonds. The Labute approximate surface area is 137 Å². The number of halogens is 1. The van der Waals surface area contributed by atoms with Gasteiger partial charge in [0.15, 0.2) is 0 Å². The Morgan fingerprint density at radius 3 is 3.04 bits per heavy atom. The van der Waals surface area contributed by atoms with E-state index in [1.54, 1.807) is 42.9 Å². The molecule has 3 rings (SSSR count). The summed E-state index contributed by atoms with van der Waals surface area (Å²) >= 11 is 0. The Hall–Kier alpha value is -2.96. The van der Waals surface area contributed by atoms with Gasteiger partial charge in [-0.15, -0.1) is 0 Å². The van der Waals surface area contributed by atoms with Crippen LogP contribution in [0.2, 0.25) is 0 Å². The van der Waals surface area contributed by atoms with Crippen molar-refractivity contribution in [3.8, 4) is 11.5 Å². The molecule has 124 valence electrons. The second-order valence-electron chi connectivity index (χ2n) is 5.23. The van der Waals surface area contributed by atoms with Gasteiger partial charge in [0.05, 0.1) is 30.5 Å². The number of oxazole rings is 1. The second-order valence-corrected chi connectivity index (χ2v) is 5.23. The van der Waals surface area contributed by atoms with Crippen LogP contribution in [0, 0.1) is 12.7 Å². The molecule has 0 spiro atoms. The lowest BCUT2D eigenvalue weighted by molar-refractivity contribution is 0.0526. The van der Waals surface area contributed by atoms with Gasteiger partial charge in [-0.25, -0.2) is 14.2 Å². The Balaban J connectivity index is 1.77. The van der Waals surface area contributed by atoms with E-state index < -0.39 is 5.97 Å². The molecule has 7 heteroatoms. The van der Waals surface area contributed by atoms with Crippen molar-refractivity contribution in [3.05, 3.63) is 59.5 Å². The topological polar surface area (TPSA) is 70.2 Å². The van der Waals surface area contributed by atoms with Crippen LogP contribution < -0.4 is 0 Å². The summed E-state index contributed by atoms with van der Waals surface area (Å²) in [5.74, 6) is -0.565. The molecule has 0 saturated heterocycles. The molecule has 0 fully saturated rings. The lowest BCUT2D eigenvalue weighted by atomic mass is 10.1. The number of esters is 1. The molecule has 0 aliphatic rings. The number of hydrogen-bond donors (Lipinski definition) is 0. The van der Waals surface area contributed by atoms with Gasteiger partial charge < -0.3 is 9.15 Å². The fourth-order valence-electron chi connectivity index (χ4n) is 2.25. The van der Waals surface area contributed by atoms with Gasteiger partial charge in [0.2, 0.25) is 5.89 Å². The Morgan fingerprint density at radius 1 is 1.42 bits per heavy atom. The maximum Gasteiger partial charge on any atom is 0.341 e. The van der Waals surface area contributed by atoms with E-state index in [0.29, 0.717) is 35.5 Å². The first-order chi connectivity index (χ1) is 11.6. The number of rotatable bonds is 5. The van der Waals surface area contributed by atoms with Crippen LogP contribution in [0.4, 0.5) is 4.39 Å². The summed E-state index contributed by atoms with van der Waals surface area (Å²) < 4.78 is 25.9. The lowest BCUT2D eigenvalue weighted by Crippen LogP contribution is -2.04. The van der Waals surface area contributed by atoms with E-state index in [1.165, 1.54) is 12.5 Å². The molecular weight excluding hydrogens is 313 g/mol. The van der Waals surface area contributed by atoms with Crippen molar-refractivity contribution in [2.75, 3.05) is 6.61 Å². The SMILES string of the molecule is CCOC(=O)c1cnn(Cc2coc(-c3cccc(C)c3F)n2)c1. The van der Waals surface area contributed by atoms with E-state index in [0.717, 1.165) is 0 Å². The normalized spacial score (nSPS) is 10.8. The molecule has 3 aromatic rings. The standard InChI is InChI=1S/C17H16FN3O3/c1-3-23-17(22)12-7-19-21(8-12)9-13-10-24-16(20-13)14-6-4-5-11(2)15(14)18/h4-8,10H,3,9H2,1-2H3. The molecule has 0 radical (unpaired) electrons.